The molecule has 3 rings (SSSR count). The van der Waals surface area contributed by atoms with E-state index < -0.39 is 0 Å². The molecule has 1 aliphatic carbocycles. The maximum Gasteiger partial charge on any atom is 0.261 e. The summed E-state index contributed by atoms with van der Waals surface area (Å²) in [5.74, 6) is 0.497. The van der Waals surface area contributed by atoms with Gasteiger partial charge in [0, 0.05) is 30.5 Å². The van der Waals surface area contributed by atoms with Crippen LogP contribution in [0.3, 0.4) is 0 Å². The quantitative estimate of drug-likeness (QED) is 0.868. The molecule has 0 saturated carbocycles. The minimum absolute atomic E-state index is 0.0241. The van der Waals surface area contributed by atoms with Crippen molar-refractivity contribution in [1.29, 1.82) is 0 Å². The fraction of sp³-hybridized carbons (Fsp3) is 0.533. The molecule has 0 aromatic carbocycles. The predicted molar refractivity (Wildman–Crippen MR) is 76.0 cm³/mol. The lowest BCUT2D eigenvalue weighted by Crippen LogP contribution is -2.51. The molecule has 6 heteroatoms. The van der Waals surface area contributed by atoms with E-state index in [2.05, 4.69) is 10.3 Å². The molecule has 112 valence electrons. The maximum absolute atomic E-state index is 12.1. The standard InChI is InChI=1S/C15H19N3O3/c19-14-9-18(8-7-17-14)15(20)10-21-13-5-6-16-12-4-2-1-3-11(12)13/h5-6H,1-4,7-10H2,(H,17,19). The van der Waals surface area contributed by atoms with Crippen LogP contribution in [0.1, 0.15) is 24.1 Å². The highest BCUT2D eigenvalue weighted by molar-refractivity contribution is 5.86. The number of fused-ring (bicyclic) bond motifs is 1. The molecule has 1 fully saturated rings. The van der Waals surface area contributed by atoms with Crippen LogP contribution in [0.2, 0.25) is 0 Å². The van der Waals surface area contributed by atoms with Crippen molar-refractivity contribution in [1.82, 2.24) is 15.2 Å². The molecule has 0 radical (unpaired) electrons. The van der Waals surface area contributed by atoms with Crippen LogP contribution >= 0.6 is 0 Å². The second-order valence-corrected chi connectivity index (χ2v) is 5.40. The number of nitrogens with one attached hydrogen (secondary N) is 1. The average molecular weight is 289 g/mol. The van der Waals surface area contributed by atoms with Gasteiger partial charge in [-0.15, -0.1) is 0 Å². The number of aryl methyl sites for hydroxylation is 1. The minimum Gasteiger partial charge on any atom is -0.483 e. The summed E-state index contributed by atoms with van der Waals surface area (Å²) in [5.41, 5.74) is 2.22. The molecule has 1 aliphatic heterocycles. The molecule has 2 aliphatic rings. The third-order valence-corrected chi connectivity index (χ3v) is 3.93. The number of hydrogen-bond acceptors (Lipinski definition) is 4. The van der Waals surface area contributed by atoms with E-state index in [1.54, 1.807) is 6.20 Å². The van der Waals surface area contributed by atoms with Gasteiger partial charge in [-0.2, -0.15) is 0 Å². The zero-order valence-corrected chi connectivity index (χ0v) is 11.9. The number of ether oxygens (including phenoxy) is 1. The second kappa shape index (κ2) is 6.11. The first-order valence-electron chi connectivity index (χ1n) is 7.38. The maximum atomic E-state index is 12.1. The Morgan fingerprint density at radius 3 is 3.10 bits per heavy atom. The Kier molecular flexibility index (Phi) is 4.03. The lowest BCUT2D eigenvalue weighted by molar-refractivity contribution is -0.139. The van der Waals surface area contributed by atoms with Crippen LogP contribution in [0, 0.1) is 0 Å². The highest BCUT2D eigenvalue weighted by Gasteiger charge is 2.22. The molecule has 0 unspecified atom stereocenters. The Balaban J connectivity index is 1.62. The van der Waals surface area contributed by atoms with Gasteiger partial charge in [0.2, 0.25) is 5.91 Å². The number of aromatic nitrogens is 1. The third kappa shape index (κ3) is 3.15. The number of piperazine rings is 1. The Bertz CT molecular complexity index is 559. The van der Waals surface area contributed by atoms with Crippen LogP contribution in [0.4, 0.5) is 0 Å². The van der Waals surface area contributed by atoms with E-state index in [1.807, 2.05) is 6.07 Å². The molecule has 2 amide bonds. The van der Waals surface area contributed by atoms with Crippen molar-refractivity contribution in [3.63, 3.8) is 0 Å². The molecule has 0 spiro atoms. The summed E-state index contributed by atoms with van der Waals surface area (Å²) in [7, 11) is 0. The van der Waals surface area contributed by atoms with Crippen LogP contribution in [-0.2, 0) is 22.4 Å². The van der Waals surface area contributed by atoms with Crippen molar-refractivity contribution >= 4 is 11.8 Å². The molecule has 0 atom stereocenters. The fourth-order valence-corrected chi connectivity index (χ4v) is 2.81. The van der Waals surface area contributed by atoms with Gasteiger partial charge in [0.25, 0.3) is 5.91 Å². The Hall–Kier alpha value is -2.11. The zero-order chi connectivity index (χ0) is 14.7. The van der Waals surface area contributed by atoms with Gasteiger partial charge in [-0.25, -0.2) is 0 Å². The molecule has 6 nitrogen and oxygen atoms in total. The summed E-state index contributed by atoms with van der Waals surface area (Å²) in [6, 6.07) is 1.82. The Morgan fingerprint density at radius 1 is 1.38 bits per heavy atom. The molecular formula is C15H19N3O3. The van der Waals surface area contributed by atoms with E-state index in [1.165, 1.54) is 4.90 Å². The van der Waals surface area contributed by atoms with E-state index in [9.17, 15) is 9.59 Å². The Labute approximate surface area is 123 Å². The molecular weight excluding hydrogens is 270 g/mol. The summed E-state index contributed by atoms with van der Waals surface area (Å²) in [5, 5.41) is 2.70. The number of carbonyl (C=O) groups is 2. The molecule has 1 saturated heterocycles. The van der Waals surface area contributed by atoms with Gasteiger partial charge < -0.3 is 15.0 Å². The molecule has 1 aromatic rings. The smallest absolute Gasteiger partial charge is 0.261 e. The van der Waals surface area contributed by atoms with Crippen LogP contribution < -0.4 is 10.1 Å². The van der Waals surface area contributed by atoms with Crippen molar-refractivity contribution in [2.24, 2.45) is 0 Å². The van der Waals surface area contributed by atoms with Crippen LogP contribution in [0.25, 0.3) is 0 Å². The molecule has 2 heterocycles. The first-order chi connectivity index (χ1) is 10.2. The molecule has 1 aromatic heterocycles. The summed E-state index contributed by atoms with van der Waals surface area (Å²) >= 11 is 0. The molecule has 1 N–H and O–H groups in total. The number of pyridine rings is 1. The van der Waals surface area contributed by atoms with E-state index in [-0.39, 0.29) is 25.0 Å². The lowest BCUT2D eigenvalue weighted by atomic mass is 9.95. The minimum atomic E-state index is -0.147. The SMILES string of the molecule is O=C1CN(C(=O)COc2ccnc3c2CCCC3)CCN1. The largest absolute Gasteiger partial charge is 0.483 e. The predicted octanol–water partition coefficient (Wildman–Crippen LogP) is 0.298. The molecule has 0 bridgehead atoms. The van der Waals surface area contributed by atoms with Gasteiger partial charge >= 0.3 is 0 Å². The third-order valence-electron chi connectivity index (χ3n) is 3.93. The highest BCUT2D eigenvalue weighted by atomic mass is 16.5. The monoisotopic (exact) mass is 289 g/mol. The van der Waals surface area contributed by atoms with Gasteiger partial charge in [-0.3, -0.25) is 14.6 Å². The Morgan fingerprint density at radius 2 is 2.24 bits per heavy atom. The van der Waals surface area contributed by atoms with Crippen molar-refractivity contribution in [3.8, 4) is 5.75 Å². The van der Waals surface area contributed by atoms with Gasteiger partial charge in [0.15, 0.2) is 6.61 Å². The normalized spacial score (nSPS) is 17.9. The van der Waals surface area contributed by atoms with Crippen LogP contribution in [0.5, 0.6) is 5.75 Å². The van der Waals surface area contributed by atoms with Gasteiger partial charge in [-0.1, -0.05) is 0 Å². The van der Waals surface area contributed by atoms with Crippen LogP contribution in [-0.4, -0.2) is 47.9 Å². The van der Waals surface area contributed by atoms with Gasteiger partial charge in [0.05, 0.1) is 6.54 Å². The number of rotatable bonds is 3. The van der Waals surface area contributed by atoms with Crippen molar-refractivity contribution in [2.45, 2.75) is 25.7 Å². The highest BCUT2D eigenvalue weighted by Crippen LogP contribution is 2.27. The average Bonchev–Trinajstić information content (AvgIpc) is 2.52. The lowest BCUT2D eigenvalue weighted by Gasteiger charge is -2.27. The summed E-state index contributed by atoms with van der Waals surface area (Å²) in [4.78, 5) is 29.3. The van der Waals surface area contributed by atoms with E-state index in [0.29, 0.717) is 13.1 Å². The fourth-order valence-electron chi connectivity index (χ4n) is 2.81. The number of hydrogen-bond donors (Lipinski definition) is 1. The van der Waals surface area contributed by atoms with E-state index in [4.69, 9.17) is 4.74 Å². The summed E-state index contributed by atoms with van der Waals surface area (Å²) < 4.78 is 5.69. The summed E-state index contributed by atoms with van der Waals surface area (Å²) in [6.45, 7) is 1.15. The topological polar surface area (TPSA) is 71.5 Å². The van der Waals surface area contributed by atoms with E-state index in [0.717, 1.165) is 42.7 Å². The van der Waals surface area contributed by atoms with E-state index >= 15 is 0 Å². The number of nitrogens with zero attached hydrogens (tertiary/aromatic N) is 2. The molecule has 21 heavy (non-hydrogen) atoms. The second-order valence-electron chi connectivity index (χ2n) is 5.40. The van der Waals surface area contributed by atoms with Crippen LogP contribution in [0.15, 0.2) is 12.3 Å². The number of carbonyl (C=O) groups excluding carboxylic acids is 2. The van der Waals surface area contributed by atoms with Crippen molar-refractivity contribution in [2.75, 3.05) is 26.2 Å². The summed E-state index contributed by atoms with van der Waals surface area (Å²) in [6.07, 6.45) is 5.96. The first kappa shape index (κ1) is 13.9. The number of amides is 2. The first-order valence-corrected chi connectivity index (χ1v) is 7.38. The van der Waals surface area contributed by atoms with Gasteiger partial charge in [0.1, 0.15) is 5.75 Å². The zero-order valence-electron chi connectivity index (χ0n) is 11.9. The van der Waals surface area contributed by atoms with Gasteiger partial charge in [-0.05, 0) is 31.7 Å². The van der Waals surface area contributed by atoms with Crippen molar-refractivity contribution in [3.05, 3.63) is 23.5 Å². The van der Waals surface area contributed by atoms with Crippen molar-refractivity contribution < 1.29 is 14.3 Å².